The number of allylic oxidation sites excluding steroid dienone is 2. The number of fused-ring (bicyclic) bond motifs is 1. The molecule has 26 heavy (non-hydrogen) atoms. The molecule has 2 N–H and O–H groups in total. The van der Waals surface area contributed by atoms with E-state index < -0.39 is 5.97 Å². The van der Waals surface area contributed by atoms with Crippen LogP contribution in [0.25, 0.3) is 27.7 Å². The second-order valence-electron chi connectivity index (χ2n) is 6.54. The number of aromatic nitrogens is 2. The number of para-hydroxylation sites is 1. The quantitative estimate of drug-likeness (QED) is 0.727. The molecule has 5 nitrogen and oxygen atoms in total. The van der Waals surface area contributed by atoms with Crippen molar-refractivity contribution in [1.29, 1.82) is 0 Å². The number of nitrogens with zero attached hydrogens (tertiary/aromatic N) is 1. The maximum Gasteiger partial charge on any atom is 0.306 e. The molecule has 0 amide bonds. The molecule has 0 bridgehead atoms. The molecule has 1 aliphatic carbocycles. The van der Waals surface area contributed by atoms with Crippen LogP contribution in [0.2, 0.25) is 0 Å². The van der Waals surface area contributed by atoms with Crippen LogP contribution in [0.3, 0.4) is 0 Å². The number of carbonyl (C=O) groups is 1. The summed E-state index contributed by atoms with van der Waals surface area (Å²) in [5.41, 5.74) is 5.08. The van der Waals surface area contributed by atoms with Gasteiger partial charge in [-0.05, 0) is 48.6 Å². The predicted octanol–water partition coefficient (Wildman–Crippen LogP) is 4.51. The minimum atomic E-state index is -0.711. The van der Waals surface area contributed by atoms with Gasteiger partial charge in [0.15, 0.2) is 0 Å². The zero-order chi connectivity index (χ0) is 18.1. The van der Waals surface area contributed by atoms with Crippen LogP contribution in [-0.4, -0.2) is 28.2 Å². The maximum atomic E-state index is 11.1. The highest BCUT2D eigenvalue weighted by molar-refractivity contribution is 5.96. The first kappa shape index (κ1) is 16.4. The first-order valence-electron chi connectivity index (χ1n) is 8.70. The van der Waals surface area contributed by atoms with Crippen molar-refractivity contribution in [2.24, 2.45) is 5.92 Å². The third-order valence-corrected chi connectivity index (χ3v) is 5.04. The third kappa shape index (κ3) is 2.86. The summed E-state index contributed by atoms with van der Waals surface area (Å²) in [7, 11) is 1.67. The number of rotatable bonds is 4. The molecule has 0 saturated heterocycles. The standard InChI is InChI=1S/C21H20N2O3/c1-26-19-5-3-2-4-16(19)15-10-11-22-20-17(15)12-18(23-20)13-6-8-14(9-7-13)21(24)25/h2-6,10-12,14H,7-9H2,1H3,(H,22,23)(H,24,25). The lowest BCUT2D eigenvalue weighted by molar-refractivity contribution is -0.141. The minimum Gasteiger partial charge on any atom is -0.496 e. The van der Waals surface area contributed by atoms with Gasteiger partial charge in [-0.1, -0.05) is 24.3 Å². The molecule has 5 heteroatoms. The van der Waals surface area contributed by atoms with E-state index in [2.05, 4.69) is 16.0 Å². The number of methoxy groups -OCH3 is 1. The molecule has 2 heterocycles. The van der Waals surface area contributed by atoms with E-state index in [1.165, 1.54) is 0 Å². The van der Waals surface area contributed by atoms with Gasteiger partial charge in [-0.3, -0.25) is 4.79 Å². The fourth-order valence-corrected chi connectivity index (χ4v) is 3.60. The van der Waals surface area contributed by atoms with Crippen molar-refractivity contribution in [2.75, 3.05) is 7.11 Å². The van der Waals surface area contributed by atoms with Crippen LogP contribution in [0, 0.1) is 5.92 Å². The Hall–Kier alpha value is -3.08. The summed E-state index contributed by atoms with van der Waals surface area (Å²) in [5, 5.41) is 10.2. The lowest BCUT2D eigenvalue weighted by Gasteiger charge is -2.17. The Kier molecular flexibility index (Phi) is 4.21. The Labute approximate surface area is 151 Å². The van der Waals surface area contributed by atoms with Crippen molar-refractivity contribution in [3.63, 3.8) is 0 Å². The van der Waals surface area contributed by atoms with Gasteiger partial charge in [-0.15, -0.1) is 0 Å². The summed E-state index contributed by atoms with van der Waals surface area (Å²) in [6.07, 6.45) is 5.83. The number of hydrogen-bond acceptors (Lipinski definition) is 3. The highest BCUT2D eigenvalue weighted by Gasteiger charge is 2.22. The van der Waals surface area contributed by atoms with E-state index >= 15 is 0 Å². The summed E-state index contributed by atoms with van der Waals surface area (Å²) < 4.78 is 5.51. The average molecular weight is 348 g/mol. The van der Waals surface area contributed by atoms with E-state index in [1.807, 2.05) is 36.4 Å². The fraction of sp³-hybridized carbons (Fsp3) is 0.238. The molecule has 132 valence electrons. The summed E-state index contributed by atoms with van der Waals surface area (Å²) >= 11 is 0. The van der Waals surface area contributed by atoms with E-state index in [1.54, 1.807) is 13.3 Å². The van der Waals surface area contributed by atoms with Crippen molar-refractivity contribution in [3.8, 4) is 16.9 Å². The van der Waals surface area contributed by atoms with Crippen molar-refractivity contribution in [3.05, 3.63) is 54.4 Å². The molecule has 3 aromatic rings. The fourth-order valence-electron chi connectivity index (χ4n) is 3.60. The molecule has 1 aromatic carbocycles. The van der Waals surface area contributed by atoms with Gasteiger partial charge in [-0.25, -0.2) is 4.98 Å². The van der Waals surface area contributed by atoms with Crippen LogP contribution in [0.4, 0.5) is 0 Å². The minimum absolute atomic E-state index is 0.273. The Bertz CT molecular complexity index is 1000. The van der Waals surface area contributed by atoms with Crippen LogP contribution in [-0.2, 0) is 4.79 Å². The van der Waals surface area contributed by atoms with Gasteiger partial charge in [0.05, 0.1) is 13.0 Å². The van der Waals surface area contributed by atoms with E-state index in [0.29, 0.717) is 12.8 Å². The molecule has 0 fully saturated rings. The molecule has 2 aromatic heterocycles. The summed E-state index contributed by atoms with van der Waals surface area (Å²) in [6, 6.07) is 12.0. The van der Waals surface area contributed by atoms with Gasteiger partial charge in [0.1, 0.15) is 11.4 Å². The Morgan fingerprint density at radius 3 is 2.85 bits per heavy atom. The van der Waals surface area contributed by atoms with Gasteiger partial charge in [0.2, 0.25) is 0 Å². The smallest absolute Gasteiger partial charge is 0.306 e. The first-order chi connectivity index (χ1) is 12.7. The second-order valence-corrected chi connectivity index (χ2v) is 6.54. The number of aliphatic carboxylic acids is 1. The molecule has 1 atom stereocenters. The molecule has 4 rings (SSSR count). The van der Waals surface area contributed by atoms with E-state index in [0.717, 1.165) is 45.6 Å². The van der Waals surface area contributed by atoms with Crippen LogP contribution >= 0.6 is 0 Å². The molecule has 0 radical (unpaired) electrons. The van der Waals surface area contributed by atoms with Gasteiger partial charge < -0.3 is 14.8 Å². The molecule has 0 saturated carbocycles. The third-order valence-electron chi connectivity index (χ3n) is 5.04. The van der Waals surface area contributed by atoms with Crippen LogP contribution in [0.1, 0.15) is 25.0 Å². The number of pyridine rings is 1. The summed E-state index contributed by atoms with van der Waals surface area (Å²) in [4.78, 5) is 19.0. The largest absolute Gasteiger partial charge is 0.496 e. The Balaban J connectivity index is 1.76. The first-order valence-corrected chi connectivity index (χ1v) is 8.70. The second kappa shape index (κ2) is 6.67. The number of benzene rings is 1. The van der Waals surface area contributed by atoms with Crippen molar-refractivity contribution >= 4 is 22.6 Å². The lowest BCUT2D eigenvalue weighted by Crippen LogP contribution is -2.15. The normalized spacial score (nSPS) is 17.1. The summed E-state index contributed by atoms with van der Waals surface area (Å²) in [6.45, 7) is 0. The van der Waals surface area contributed by atoms with E-state index in [-0.39, 0.29) is 5.92 Å². The average Bonchev–Trinajstić information content (AvgIpc) is 3.12. The number of hydrogen-bond donors (Lipinski definition) is 2. The topological polar surface area (TPSA) is 75.2 Å². The van der Waals surface area contributed by atoms with Crippen LogP contribution < -0.4 is 4.74 Å². The van der Waals surface area contributed by atoms with Gasteiger partial charge in [-0.2, -0.15) is 0 Å². The van der Waals surface area contributed by atoms with E-state index in [9.17, 15) is 4.79 Å². The number of nitrogens with one attached hydrogen (secondary N) is 1. The summed E-state index contributed by atoms with van der Waals surface area (Å²) in [5.74, 6) is -0.161. The highest BCUT2D eigenvalue weighted by Crippen LogP contribution is 2.37. The predicted molar refractivity (Wildman–Crippen MR) is 101 cm³/mol. The maximum absolute atomic E-state index is 11.1. The Morgan fingerprint density at radius 2 is 2.12 bits per heavy atom. The molecule has 1 unspecified atom stereocenters. The number of ether oxygens (including phenoxy) is 1. The molecule has 0 spiro atoms. The van der Waals surface area contributed by atoms with Gasteiger partial charge in [0, 0.05) is 22.8 Å². The zero-order valence-corrected chi connectivity index (χ0v) is 14.5. The number of aromatic amines is 1. The number of carboxylic acid groups (broad SMARTS) is 1. The van der Waals surface area contributed by atoms with Crippen molar-refractivity contribution < 1.29 is 14.6 Å². The van der Waals surface area contributed by atoms with Crippen molar-refractivity contribution in [1.82, 2.24) is 9.97 Å². The zero-order valence-electron chi connectivity index (χ0n) is 14.5. The highest BCUT2D eigenvalue weighted by atomic mass is 16.5. The van der Waals surface area contributed by atoms with E-state index in [4.69, 9.17) is 9.84 Å². The lowest BCUT2D eigenvalue weighted by atomic mass is 9.88. The molecule has 0 aliphatic heterocycles. The molecule has 1 aliphatic rings. The Morgan fingerprint density at radius 1 is 1.27 bits per heavy atom. The number of carboxylic acids is 1. The number of H-pyrrole nitrogens is 1. The van der Waals surface area contributed by atoms with Crippen LogP contribution in [0.15, 0.2) is 48.7 Å². The monoisotopic (exact) mass is 348 g/mol. The van der Waals surface area contributed by atoms with Crippen molar-refractivity contribution in [2.45, 2.75) is 19.3 Å². The van der Waals surface area contributed by atoms with Gasteiger partial charge in [0.25, 0.3) is 0 Å². The molecular formula is C21H20N2O3. The molecular weight excluding hydrogens is 328 g/mol. The van der Waals surface area contributed by atoms with Crippen LogP contribution in [0.5, 0.6) is 5.75 Å². The van der Waals surface area contributed by atoms with Gasteiger partial charge >= 0.3 is 5.97 Å². The SMILES string of the molecule is COc1ccccc1-c1ccnc2[nH]c(C3=CCC(C(=O)O)CC3)cc12.